The lowest BCUT2D eigenvalue weighted by Gasteiger charge is -2.20. The fourth-order valence-corrected chi connectivity index (χ4v) is 2.08. The minimum Gasteiger partial charge on any atom is -0.497 e. The molecule has 2 rings (SSSR count). The molecule has 78 valence electrons. The molecule has 0 saturated carbocycles. The highest BCUT2D eigenvalue weighted by molar-refractivity contribution is 5.43. The Labute approximate surface area is 91.1 Å². The normalized spacial score (nSPS) is 18.3. The first-order chi connectivity index (χ1) is 7.35. The monoisotopic (exact) mass is 200 g/mol. The molecule has 1 heteroatoms. The van der Waals surface area contributed by atoms with Gasteiger partial charge >= 0.3 is 0 Å². The molecule has 0 amide bonds. The van der Waals surface area contributed by atoms with E-state index in [-0.39, 0.29) is 0 Å². The first-order valence-electron chi connectivity index (χ1n) is 5.29. The number of allylic oxidation sites excluding steroid dienone is 3. The minimum atomic E-state index is 0.473. The second kappa shape index (κ2) is 4.35. The summed E-state index contributed by atoms with van der Waals surface area (Å²) in [5.74, 6) is 1.42. The first kappa shape index (κ1) is 10.0. The van der Waals surface area contributed by atoms with Crippen molar-refractivity contribution in [3.63, 3.8) is 0 Å². The van der Waals surface area contributed by atoms with Crippen molar-refractivity contribution in [3.8, 4) is 5.75 Å². The molecule has 1 aromatic rings. The Hall–Kier alpha value is -1.50. The number of rotatable bonds is 3. The van der Waals surface area contributed by atoms with Gasteiger partial charge in [-0.05, 0) is 36.1 Å². The van der Waals surface area contributed by atoms with Crippen LogP contribution in [-0.2, 0) is 6.42 Å². The minimum absolute atomic E-state index is 0.473. The van der Waals surface area contributed by atoms with Crippen molar-refractivity contribution in [2.75, 3.05) is 7.11 Å². The number of hydrogen-bond acceptors (Lipinski definition) is 1. The van der Waals surface area contributed by atoms with Gasteiger partial charge in [-0.25, -0.2) is 0 Å². The second-order valence-corrected chi connectivity index (χ2v) is 3.83. The maximum absolute atomic E-state index is 5.26. The smallest absolute Gasteiger partial charge is 0.119 e. The van der Waals surface area contributed by atoms with Crippen molar-refractivity contribution in [1.82, 2.24) is 0 Å². The van der Waals surface area contributed by atoms with Gasteiger partial charge in [0.15, 0.2) is 0 Å². The molecule has 1 nitrogen and oxygen atoms in total. The number of fused-ring (bicyclic) bond motifs is 1. The van der Waals surface area contributed by atoms with E-state index in [1.54, 1.807) is 7.11 Å². The van der Waals surface area contributed by atoms with Crippen LogP contribution < -0.4 is 4.74 Å². The third kappa shape index (κ3) is 1.96. The van der Waals surface area contributed by atoms with Gasteiger partial charge in [0, 0.05) is 5.92 Å². The summed E-state index contributed by atoms with van der Waals surface area (Å²) < 4.78 is 5.26. The van der Waals surface area contributed by atoms with E-state index in [0.717, 1.165) is 18.6 Å². The summed E-state index contributed by atoms with van der Waals surface area (Å²) >= 11 is 0. The largest absolute Gasteiger partial charge is 0.497 e. The molecule has 1 aliphatic rings. The zero-order valence-corrected chi connectivity index (χ0v) is 9.07. The highest BCUT2D eigenvalue weighted by Crippen LogP contribution is 2.32. The number of hydrogen-bond donors (Lipinski definition) is 0. The Kier molecular flexibility index (Phi) is 2.91. The van der Waals surface area contributed by atoms with E-state index in [0.29, 0.717) is 5.92 Å². The Balaban J connectivity index is 2.38. The van der Waals surface area contributed by atoms with Gasteiger partial charge in [0.1, 0.15) is 5.75 Å². The summed E-state index contributed by atoms with van der Waals surface area (Å²) in [6.07, 6.45) is 8.51. The zero-order chi connectivity index (χ0) is 10.7. The maximum Gasteiger partial charge on any atom is 0.119 e. The van der Waals surface area contributed by atoms with Crippen LogP contribution in [0.15, 0.2) is 43.0 Å². The van der Waals surface area contributed by atoms with Gasteiger partial charge < -0.3 is 4.74 Å². The van der Waals surface area contributed by atoms with E-state index in [4.69, 9.17) is 4.74 Å². The molecule has 0 aliphatic heterocycles. The van der Waals surface area contributed by atoms with E-state index < -0.39 is 0 Å². The summed E-state index contributed by atoms with van der Waals surface area (Å²) in [4.78, 5) is 0. The van der Waals surface area contributed by atoms with Gasteiger partial charge in [0.2, 0.25) is 0 Å². The maximum atomic E-state index is 5.26. The fourth-order valence-electron chi connectivity index (χ4n) is 2.08. The van der Waals surface area contributed by atoms with Crippen LogP contribution in [0.25, 0.3) is 0 Å². The average molecular weight is 200 g/mol. The van der Waals surface area contributed by atoms with Crippen LogP contribution >= 0.6 is 0 Å². The third-order valence-electron chi connectivity index (χ3n) is 2.88. The number of ether oxygens (including phenoxy) is 1. The van der Waals surface area contributed by atoms with E-state index in [1.165, 1.54) is 11.1 Å². The molecule has 0 fully saturated rings. The molecular formula is C14H16O. The zero-order valence-electron chi connectivity index (χ0n) is 9.07. The van der Waals surface area contributed by atoms with Gasteiger partial charge in [-0.15, -0.1) is 6.58 Å². The molecule has 0 saturated heterocycles. The molecule has 1 aromatic carbocycles. The standard InChI is InChI=1S/C14H16O/c1-3-5-11-6-4-7-12-8-9-13(15-2)10-14(11)12/h3-4,6,8-11H,1,5,7H2,2H3. The van der Waals surface area contributed by atoms with Gasteiger partial charge in [-0.1, -0.05) is 24.3 Å². The molecule has 0 radical (unpaired) electrons. The van der Waals surface area contributed by atoms with Crippen LogP contribution in [-0.4, -0.2) is 7.11 Å². The highest BCUT2D eigenvalue weighted by Gasteiger charge is 2.15. The van der Waals surface area contributed by atoms with Gasteiger partial charge in [0.05, 0.1) is 7.11 Å². The molecule has 1 unspecified atom stereocenters. The van der Waals surface area contributed by atoms with Crippen molar-refractivity contribution in [2.24, 2.45) is 0 Å². The Morgan fingerprint density at radius 3 is 3.13 bits per heavy atom. The number of benzene rings is 1. The summed E-state index contributed by atoms with van der Waals surface area (Å²) in [6.45, 7) is 3.81. The van der Waals surface area contributed by atoms with Crippen LogP contribution in [0.3, 0.4) is 0 Å². The SMILES string of the molecule is C=CCC1C=CCc2ccc(OC)cc21. The Morgan fingerprint density at radius 1 is 1.53 bits per heavy atom. The average Bonchev–Trinajstić information content (AvgIpc) is 2.29. The third-order valence-corrected chi connectivity index (χ3v) is 2.88. The van der Waals surface area contributed by atoms with Crippen LogP contribution in [0.4, 0.5) is 0 Å². The van der Waals surface area contributed by atoms with Crippen molar-refractivity contribution in [1.29, 1.82) is 0 Å². The van der Waals surface area contributed by atoms with Crippen molar-refractivity contribution in [2.45, 2.75) is 18.8 Å². The molecule has 1 atom stereocenters. The molecule has 15 heavy (non-hydrogen) atoms. The van der Waals surface area contributed by atoms with Crippen molar-refractivity contribution in [3.05, 3.63) is 54.1 Å². The van der Waals surface area contributed by atoms with E-state index >= 15 is 0 Å². The molecule has 0 spiro atoms. The van der Waals surface area contributed by atoms with Crippen LogP contribution in [0.1, 0.15) is 23.5 Å². The predicted octanol–water partition coefficient (Wildman–Crippen LogP) is 3.47. The van der Waals surface area contributed by atoms with Gasteiger partial charge in [0.25, 0.3) is 0 Å². The number of methoxy groups -OCH3 is 1. The van der Waals surface area contributed by atoms with Crippen LogP contribution in [0, 0.1) is 0 Å². The molecular weight excluding hydrogens is 184 g/mol. The Bertz CT molecular complexity index is 390. The van der Waals surface area contributed by atoms with Crippen molar-refractivity contribution >= 4 is 0 Å². The summed E-state index contributed by atoms with van der Waals surface area (Å²) in [6, 6.07) is 6.34. The lowest BCUT2D eigenvalue weighted by molar-refractivity contribution is 0.414. The van der Waals surface area contributed by atoms with E-state index in [1.807, 2.05) is 12.1 Å². The van der Waals surface area contributed by atoms with Crippen molar-refractivity contribution < 1.29 is 4.74 Å². The quantitative estimate of drug-likeness (QED) is 0.679. The molecule has 1 aliphatic carbocycles. The van der Waals surface area contributed by atoms with Gasteiger partial charge in [-0.3, -0.25) is 0 Å². The lowest BCUT2D eigenvalue weighted by Crippen LogP contribution is -2.04. The molecule has 0 bridgehead atoms. The highest BCUT2D eigenvalue weighted by atomic mass is 16.5. The predicted molar refractivity (Wildman–Crippen MR) is 63.4 cm³/mol. The first-order valence-corrected chi connectivity index (χ1v) is 5.29. The molecule has 0 N–H and O–H groups in total. The van der Waals surface area contributed by atoms with Gasteiger partial charge in [-0.2, -0.15) is 0 Å². The summed E-state index contributed by atoms with van der Waals surface area (Å²) in [5, 5.41) is 0. The van der Waals surface area contributed by atoms with Crippen LogP contribution in [0.5, 0.6) is 5.75 Å². The van der Waals surface area contributed by atoms with E-state index in [9.17, 15) is 0 Å². The second-order valence-electron chi connectivity index (χ2n) is 3.83. The molecule has 0 heterocycles. The van der Waals surface area contributed by atoms with E-state index in [2.05, 4.69) is 30.9 Å². The summed E-state index contributed by atoms with van der Waals surface area (Å²) in [7, 11) is 1.71. The Morgan fingerprint density at radius 2 is 2.40 bits per heavy atom. The van der Waals surface area contributed by atoms with Crippen LogP contribution in [0.2, 0.25) is 0 Å². The summed E-state index contributed by atoms with van der Waals surface area (Å²) in [5.41, 5.74) is 2.79. The topological polar surface area (TPSA) is 9.23 Å². The molecule has 0 aromatic heterocycles. The lowest BCUT2D eigenvalue weighted by atomic mass is 9.86. The fraction of sp³-hybridized carbons (Fsp3) is 0.286.